The second-order valence-electron chi connectivity index (χ2n) is 3.91. The van der Waals surface area contributed by atoms with Crippen LogP contribution in [0.25, 0.3) is 11.0 Å². The smallest absolute Gasteiger partial charge is 0.372 e. The molecule has 0 amide bonds. The number of aromatic amines is 1. The molecule has 100 valence electrons. The number of rotatable bonds is 4. The van der Waals surface area contributed by atoms with E-state index in [9.17, 15) is 13.2 Å². The summed E-state index contributed by atoms with van der Waals surface area (Å²) >= 11 is 0. The highest BCUT2D eigenvalue weighted by atomic mass is 19.4. The zero-order chi connectivity index (χ0) is 13.9. The summed E-state index contributed by atoms with van der Waals surface area (Å²) in [6, 6.07) is 7.10. The number of hydrogen-bond donors (Lipinski definition) is 1. The number of nitriles is 1. The van der Waals surface area contributed by atoms with Crippen LogP contribution in [0.2, 0.25) is 0 Å². The largest absolute Gasteiger partial charge is 0.411 e. The molecular formula is C12H10F3N3O. The lowest BCUT2D eigenvalue weighted by atomic mass is 10.2. The van der Waals surface area contributed by atoms with E-state index >= 15 is 0 Å². The molecule has 0 atom stereocenters. The van der Waals surface area contributed by atoms with Crippen LogP contribution in [-0.4, -0.2) is 29.4 Å². The van der Waals surface area contributed by atoms with E-state index in [-0.39, 0.29) is 13.0 Å². The molecule has 0 radical (unpaired) electrons. The van der Waals surface area contributed by atoms with Gasteiger partial charge in [0.1, 0.15) is 24.0 Å². The Morgan fingerprint density at radius 1 is 1.37 bits per heavy atom. The minimum atomic E-state index is -4.32. The second kappa shape index (κ2) is 5.28. The van der Waals surface area contributed by atoms with Crippen LogP contribution in [0.4, 0.5) is 13.2 Å². The van der Waals surface area contributed by atoms with E-state index in [1.807, 2.05) is 6.07 Å². The maximum atomic E-state index is 11.9. The van der Waals surface area contributed by atoms with Crippen LogP contribution in [0.5, 0.6) is 0 Å². The molecule has 1 heterocycles. The van der Waals surface area contributed by atoms with Gasteiger partial charge in [-0.05, 0) is 12.1 Å². The number of para-hydroxylation sites is 1. The van der Waals surface area contributed by atoms with Crippen molar-refractivity contribution in [3.05, 3.63) is 29.6 Å². The molecule has 2 rings (SSSR count). The lowest BCUT2D eigenvalue weighted by Crippen LogP contribution is -2.18. The van der Waals surface area contributed by atoms with Crippen LogP contribution in [0, 0.1) is 11.3 Å². The number of alkyl halides is 3. The fraction of sp³-hybridized carbons (Fsp3) is 0.333. The van der Waals surface area contributed by atoms with Crippen LogP contribution in [-0.2, 0) is 11.2 Å². The van der Waals surface area contributed by atoms with Crippen molar-refractivity contribution in [1.82, 2.24) is 9.97 Å². The fourth-order valence-corrected chi connectivity index (χ4v) is 1.65. The van der Waals surface area contributed by atoms with Crippen molar-refractivity contribution in [2.24, 2.45) is 0 Å². The number of nitrogens with zero attached hydrogens (tertiary/aromatic N) is 2. The number of halogens is 3. The highest BCUT2D eigenvalue weighted by Crippen LogP contribution is 2.17. The van der Waals surface area contributed by atoms with Crippen molar-refractivity contribution >= 4 is 11.0 Å². The maximum Gasteiger partial charge on any atom is 0.411 e. The Bertz CT molecular complexity index is 613. The molecule has 7 heteroatoms. The average Bonchev–Trinajstić information content (AvgIpc) is 2.76. The highest BCUT2D eigenvalue weighted by Gasteiger charge is 2.27. The molecule has 2 aromatic rings. The zero-order valence-electron chi connectivity index (χ0n) is 9.79. The molecule has 0 aliphatic heterocycles. The molecular weight excluding hydrogens is 259 g/mol. The Labute approximate surface area is 106 Å². The first-order valence-electron chi connectivity index (χ1n) is 5.52. The van der Waals surface area contributed by atoms with Crippen LogP contribution in [0.15, 0.2) is 18.2 Å². The minimum absolute atomic E-state index is 0.0821. The zero-order valence-corrected chi connectivity index (χ0v) is 9.79. The summed E-state index contributed by atoms with van der Waals surface area (Å²) in [5.41, 5.74) is 1.64. The number of ether oxygens (including phenoxy) is 1. The van der Waals surface area contributed by atoms with Crippen LogP contribution >= 0.6 is 0 Å². The summed E-state index contributed by atoms with van der Waals surface area (Å²) in [5, 5.41) is 8.89. The molecule has 0 saturated carbocycles. The van der Waals surface area contributed by atoms with Gasteiger partial charge in [-0.3, -0.25) is 0 Å². The lowest BCUT2D eigenvalue weighted by molar-refractivity contribution is -0.173. The molecule has 1 N–H and O–H groups in total. The first-order valence-corrected chi connectivity index (χ1v) is 5.52. The van der Waals surface area contributed by atoms with Gasteiger partial charge in [-0.15, -0.1) is 0 Å². The highest BCUT2D eigenvalue weighted by molar-refractivity contribution is 5.81. The number of aromatic nitrogens is 2. The van der Waals surface area contributed by atoms with Gasteiger partial charge in [-0.25, -0.2) is 4.98 Å². The molecule has 1 aromatic heterocycles. The van der Waals surface area contributed by atoms with Crippen molar-refractivity contribution in [3.63, 3.8) is 0 Å². The molecule has 4 nitrogen and oxygen atoms in total. The summed E-state index contributed by atoms with van der Waals surface area (Å²) < 4.78 is 40.1. The van der Waals surface area contributed by atoms with Gasteiger partial charge in [0.25, 0.3) is 0 Å². The molecule has 0 fully saturated rings. The third-order valence-corrected chi connectivity index (χ3v) is 2.43. The predicted octanol–water partition coefficient (Wildman–Crippen LogP) is 2.56. The SMILES string of the molecule is N#Cc1cccc2[nH]c(CCOCC(F)(F)F)nc12. The first kappa shape index (κ1) is 13.4. The monoisotopic (exact) mass is 269 g/mol. The van der Waals surface area contributed by atoms with Crippen LogP contribution in [0.3, 0.4) is 0 Å². The quantitative estimate of drug-likeness (QED) is 0.868. The Morgan fingerprint density at radius 3 is 2.84 bits per heavy atom. The van der Waals surface area contributed by atoms with Gasteiger partial charge in [0.05, 0.1) is 17.7 Å². The number of hydrogen-bond acceptors (Lipinski definition) is 3. The van der Waals surface area contributed by atoms with Gasteiger partial charge >= 0.3 is 6.18 Å². The third-order valence-electron chi connectivity index (χ3n) is 2.43. The summed E-state index contributed by atoms with van der Waals surface area (Å²) in [4.78, 5) is 7.12. The van der Waals surface area contributed by atoms with Crippen LogP contribution in [0.1, 0.15) is 11.4 Å². The Hall–Kier alpha value is -2.07. The average molecular weight is 269 g/mol. The summed E-state index contributed by atoms with van der Waals surface area (Å²) in [5.74, 6) is 0.500. The van der Waals surface area contributed by atoms with E-state index in [0.717, 1.165) is 0 Å². The van der Waals surface area contributed by atoms with E-state index in [4.69, 9.17) is 5.26 Å². The van der Waals surface area contributed by atoms with Gasteiger partial charge in [0.2, 0.25) is 0 Å². The van der Waals surface area contributed by atoms with Gasteiger partial charge in [-0.2, -0.15) is 18.4 Å². The number of H-pyrrole nitrogens is 1. The molecule has 1 aromatic carbocycles. The van der Waals surface area contributed by atoms with Gasteiger partial charge < -0.3 is 9.72 Å². The Kier molecular flexibility index (Phi) is 3.71. The van der Waals surface area contributed by atoms with E-state index in [0.29, 0.717) is 22.4 Å². The van der Waals surface area contributed by atoms with E-state index in [2.05, 4.69) is 14.7 Å². The summed E-state index contributed by atoms with van der Waals surface area (Å²) in [6.07, 6.45) is -4.09. The normalized spacial score (nSPS) is 11.7. The molecule has 0 unspecified atom stereocenters. The van der Waals surface area contributed by atoms with Crippen molar-refractivity contribution in [2.45, 2.75) is 12.6 Å². The van der Waals surface area contributed by atoms with E-state index < -0.39 is 12.8 Å². The molecule has 0 saturated heterocycles. The number of imidazole rings is 1. The number of fused-ring (bicyclic) bond motifs is 1. The minimum Gasteiger partial charge on any atom is -0.372 e. The van der Waals surface area contributed by atoms with Gasteiger partial charge in [0, 0.05) is 6.42 Å². The molecule has 19 heavy (non-hydrogen) atoms. The standard InChI is InChI=1S/C12H10F3N3O/c13-12(14,15)7-19-5-4-10-17-9-3-1-2-8(6-16)11(9)18-10/h1-3H,4-5,7H2,(H,17,18). The first-order chi connectivity index (χ1) is 8.99. The Morgan fingerprint density at radius 2 is 2.16 bits per heavy atom. The third kappa shape index (κ3) is 3.45. The molecule has 0 bridgehead atoms. The maximum absolute atomic E-state index is 11.9. The van der Waals surface area contributed by atoms with E-state index in [1.54, 1.807) is 18.2 Å². The number of nitrogens with one attached hydrogen (secondary N) is 1. The van der Waals surface area contributed by atoms with Crippen LogP contribution < -0.4 is 0 Å². The predicted molar refractivity (Wildman–Crippen MR) is 61.4 cm³/mol. The van der Waals surface area contributed by atoms with Crippen molar-refractivity contribution < 1.29 is 17.9 Å². The van der Waals surface area contributed by atoms with E-state index in [1.165, 1.54) is 0 Å². The number of benzene rings is 1. The summed E-state index contributed by atoms with van der Waals surface area (Å²) in [6.45, 7) is -1.35. The van der Waals surface area contributed by atoms with Crippen molar-refractivity contribution in [1.29, 1.82) is 5.26 Å². The molecule has 0 aliphatic rings. The van der Waals surface area contributed by atoms with Gasteiger partial charge in [-0.1, -0.05) is 6.07 Å². The van der Waals surface area contributed by atoms with Crippen molar-refractivity contribution in [3.8, 4) is 6.07 Å². The van der Waals surface area contributed by atoms with Crippen molar-refractivity contribution in [2.75, 3.05) is 13.2 Å². The molecule has 0 spiro atoms. The molecule has 0 aliphatic carbocycles. The fourth-order valence-electron chi connectivity index (χ4n) is 1.65. The Balaban J connectivity index is 2.01. The second-order valence-corrected chi connectivity index (χ2v) is 3.91. The van der Waals surface area contributed by atoms with Gasteiger partial charge in [0.15, 0.2) is 0 Å². The summed E-state index contributed by atoms with van der Waals surface area (Å²) in [7, 11) is 0. The lowest BCUT2D eigenvalue weighted by Gasteiger charge is -2.06. The topological polar surface area (TPSA) is 61.7 Å².